The molecule has 0 N–H and O–H groups in total. The molecule has 2 aliphatic rings. The number of hydrogen-bond acceptors (Lipinski definition) is 7. The molecule has 5 rings (SSSR count). The van der Waals surface area contributed by atoms with Gasteiger partial charge in [-0.25, -0.2) is 9.78 Å². The number of hydrogen-bond donors (Lipinski definition) is 0. The lowest BCUT2D eigenvalue weighted by Crippen LogP contribution is -2.35. The van der Waals surface area contributed by atoms with Gasteiger partial charge in [-0.1, -0.05) is 17.9 Å². The van der Waals surface area contributed by atoms with Gasteiger partial charge >= 0.3 is 5.69 Å². The number of nitrogens with zero attached hydrogens (tertiary/aromatic N) is 4. The molecule has 8 nitrogen and oxygen atoms in total. The average Bonchev–Trinajstić information content (AvgIpc) is 2.85. The van der Waals surface area contributed by atoms with Crippen LogP contribution in [-0.4, -0.2) is 33.9 Å². The third-order valence-corrected chi connectivity index (χ3v) is 5.42. The van der Waals surface area contributed by atoms with Crippen molar-refractivity contribution >= 4 is 0 Å². The number of aromatic nitrogens is 3. The highest BCUT2D eigenvalue weighted by Crippen LogP contribution is 2.31. The molecule has 1 atom stereocenters. The van der Waals surface area contributed by atoms with Crippen molar-refractivity contribution in [3.05, 3.63) is 64.2 Å². The van der Waals surface area contributed by atoms with E-state index in [-0.39, 0.29) is 24.3 Å². The molecule has 1 aromatic carbocycles. The summed E-state index contributed by atoms with van der Waals surface area (Å²) in [5, 5.41) is 8.63. The van der Waals surface area contributed by atoms with E-state index in [2.05, 4.69) is 27.9 Å². The van der Waals surface area contributed by atoms with Crippen molar-refractivity contribution in [2.75, 3.05) is 13.2 Å². The molecule has 0 radical (unpaired) electrons. The Kier molecular flexibility index (Phi) is 5.65. The van der Waals surface area contributed by atoms with E-state index >= 15 is 0 Å². The maximum Gasteiger partial charge on any atom is 0.351 e. The molecule has 0 fully saturated rings. The Morgan fingerprint density at radius 3 is 3.09 bits per heavy atom. The smallest absolute Gasteiger partial charge is 0.351 e. The second-order valence-corrected chi connectivity index (χ2v) is 7.66. The number of pyridine rings is 1. The second kappa shape index (κ2) is 9.05. The molecule has 2 aliphatic heterocycles. The van der Waals surface area contributed by atoms with Gasteiger partial charge in [0, 0.05) is 42.8 Å². The van der Waals surface area contributed by atoms with Crippen molar-refractivity contribution in [3.8, 4) is 46.7 Å². The molecule has 33 heavy (non-hydrogen) atoms. The van der Waals surface area contributed by atoms with Crippen LogP contribution < -0.4 is 19.9 Å². The number of aryl methyl sites for hydroxylation is 1. The van der Waals surface area contributed by atoms with Gasteiger partial charge in [-0.3, -0.25) is 4.57 Å². The van der Waals surface area contributed by atoms with Crippen LogP contribution in [0.1, 0.15) is 24.0 Å². The summed E-state index contributed by atoms with van der Waals surface area (Å²) in [7, 11) is 0. The molecule has 3 aromatic rings. The predicted molar refractivity (Wildman–Crippen MR) is 119 cm³/mol. The van der Waals surface area contributed by atoms with Gasteiger partial charge in [0.05, 0.1) is 11.8 Å². The van der Waals surface area contributed by atoms with Crippen LogP contribution in [0.5, 0.6) is 17.5 Å². The van der Waals surface area contributed by atoms with Crippen LogP contribution in [0.15, 0.2) is 47.4 Å². The fraction of sp³-hybridized carbons (Fsp3) is 0.280. The van der Waals surface area contributed by atoms with Gasteiger partial charge in [0.25, 0.3) is 5.88 Å². The van der Waals surface area contributed by atoms with Gasteiger partial charge in [-0.05, 0) is 36.2 Å². The number of rotatable bonds is 4. The summed E-state index contributed by atoms with van der Waals surface area (Å²) in [5.74, 6) is 7.40. The van der Waals surface area contributed by atoms with Crippen molar-refractivity contribution in [2.24, 2.45) is 0 Å². The van der Waals surface area contributed by atoms with Gasteiger partial charge in [0.1, 0.15) is 13.2 Å². The third-order valence-electron chi connectivity index (χ3n) is 5.42. The molecule has 0 aliphatic carbocycles. The number of fused-ring (bicyclic) bond motifs is 4. The van der Waals surface area contributed by atoms with E-state index in [0.29, 0.717) is 37.6 Å². The molecular formula is C25H20N4O4. The van der Waals surface area contributed by atoms with Crippen molar-refractivity contribution in [2.45, 2.75) is 31.9 Å². The van der Waals surface area contributed by atoms with E-state index in [9.17, 15) is 4.79 Å². The minimum absolute atomic E-state index is 0.189. The maximum atomic E-state index is 12.6. The van der Waals surface area contributed by atoms with E-state index in [1.54, 1.807) is 29.0 Å². The van der Waals surface area contributed by atoms with Gasteiger partial charge in [0.15, 0.2) is 11.9 Å². The Morgan fingerprint density at radius 2 is 2.18 bits per heavy atom. The Labute approximate surface area is 190 Å². The molecule has 1 unspecified atom stereocenters. The van der Waals surface area contributed by atoms with Crippen LogP contribution in [0, 0.1) is 23.2 Å². The summed E-state index contributed by atoms with van der Waals surface area (Å²) < 4.78 is 19.0. The van der Waals surface area contributed by atoms with Gasteiger partial charge in [0.2, 0.25) is 5.88 Å². The first-order valence-corrected chi connectivity index (χ1v) is 10.7. The van der Waals surface area contributed by atoms with Crippen LogP contribution >= 0.6 is 0 Å². The largest absolute Gasteiger partial charge is 0.478 e. The SMILES string of the molecule is N#CCCC#Cc1ccc2c(c1)CCn1c-2cc(OCC2COc3ncccc3O2)nc1=O. The average molecular weight is 440 g/mol. The highest BCUT2D eigenvalue weighted by Gasteiger charge is 2.24. The molecule has 0 saturated carbocycles. The molecule has 0 saturated heterocycles. The summed E-state index contributed by atoms with van der Waals surface area (Å²) >= 11 is 0. The lowest BCUT2D eigenvalue weighted by atomic mass is 9.95. The van der Waals surface area contributed by atoms with Crippen LogP contribution in [0.2, 0.25) is 0 Å². The minimum atomic E-state index is -0.344. The monoisotopic (exact) mass is 440 g/mol. The zero-order valence-electron chi connectivity index (χ0n) is 17.8. The summed E-state index contributed by atoms with van der Waals surface area (Å²) in [5.41, 5.74) is 3.41. The first-order valence-electron chi connectivity index (χ1n) is 10.7. The number of ether oxygens (including phenoxy) is 3. The Morgan fingerprint density at radius 1 is 1.24 bits per heavy atom. The van der Waals surface area contributed by atoms with Crippen molar-refractivity contribution < 1.29 is 14.2 Å². The lowest BCUT2D eigenvalue weighted by Gasteiger charge is -2.25. The Bertz CT molecular complexity index is 1360. The van der Waals surface area contributed by atoms with E-state index in [1.165, 1.54) is 0 Å². The van der Waals surface area contributed by atoms with Gasteiger partial charge < -0.3 is 14.2 Å². The number of benzene rings is 1. The zero-order valence-corrected chi connectivity index (χ0v) is 17.8. The topological polar surface area (TPSA) is 99.3 Å². The molecule has 0 bridgehead atoms. The molecule has 0 amide bonds. The Hall–Kier alpha value is -4.30. The summed E-state index contributed by atoms with van der Waals surface area (Å²) in [6, 6.07) is 13.4. The normalized spacial score (nSPS) is 15.3. The van der Waals surface area contributed by atoms with Crippen molar-refractivity contribution in [1.29, 1.82) is 5.26 Å². The molecule has 164 valence electrons. The zero-order chi connectivity index (χ0) is 22.6. The van der Waals surface area contributed by atoms with Crippen molar-refractivity contribution in [1.82, 2.24) is 14.5 Å². The molecule has 2 aromatic heterocycles. The first-order chi connectivity index (χ1) is 16.2. The molecule has 8 heteroatoms. The quantitative estimate of drug-likeness (QED) is 0.454. The predicted octanol–water partition coefficient (Wildman–Crippen LogP) is 2.74. The second-order valence-electron chi connectivity index (χ2n) is 7.66. The van der Waals surface area contributed by atoms with E-state index in [4.69, 9.17) is 19.5 Å². The summed E-state index contributed by atoms with van der Waals surface area (Å²) in [6.45, 7) is 1.03. The first kappa shape index (κ1) is 20.6. The van der Waals surface area contributed by atoms with Gasteiger partial charge in [-0.2, -0.15) is 10.2 Å². The fourth-order valence-electron chi connectivity index (χ4n) is 3.86. The van der Waals surface area contributed by atoms with Crippen molar-refractivity contribution in [3.63, 3.8) is 0 Å². The highest BCUT2D eigenvalue weighted by molar-refractivity contribution is 5.67. The lowest BCUT2D eigenvalue weighted by molar-refractivity contribution is 0.0486. The van der Waals surface area contributed by atoms with E-state index in [1.807, 2.05) is 18.2 Å². The number of unbranched alkanes of at least 4 members (excludes halogenated alkanes) is 1. The molecule has 4 heterocycles. The highest BCUT2D eigenvalue weighted by atomic mass is 16.6. The van der Waals surface area contributed by atoms with Crippen LogP contribution in [0.25, 0.3) is 11.3 Å². The van der Waals surface area contributed by atoms with Crippen LogP contribution in [-0.2, 0) is 13.0 Å². The van der Waals surface area contributed by atoms with Crippen LogP contribution in [0.3, 0.4) is 0 Å². The number of nitriles is 1. The van der Waals surface area contributed by atoms with E-state index in [0.717, 1.165) is 28.8 Å². The van der Waals surface area contributed by atoms with E-state index < -0.39 is 0 Å². The standard InChI is InChI=1S/C25H20N4O4/c26-10-3-1-2-5-17-7-8-20-18(13-17)9-12-29-21(20)14-23(28-25(29)30)31-15-19-16-32-24-22(33-19)6-4-11-27-24/h4,6-8,11,13-14,19H,1,3,9,12,15-16H2. The summed E-state index contributed by atoms with van der Waals surface area (Å²) in [6.07, 6.45) is 3.00. The van der Waals surface area contributed by atoms with Gasteiger partial charge in [-0.15, -0.1) is 0 Å². The molecular weight excluding hydrogens is 420 g/mol. The Balaban J connectivity index is 1.34. The van der Waals surface area contributed by atoms with Crippen LogP contribution in [0.4, 0.5) is 0 Å². The summed E-state index contributed by atoms with van der Waals surface area (Å²) in [4.78, 5) is 20.8. The fourth-order valence-corrected chi connectivity index (χ4v) is 3.86. The maximum absolute atomic E-state index is 12.6. The molecule has 0 spiro atoms. The third kappa shape index (κ3) is 4.37. The minimum Gasteiger partial charge on any atom is -0.478 e.